The van der Waals surface area contributed by atoms with Crippen molar-refractivity contribution < 1.29 is 42.7 Å². The van der Waals surface area contributed by atoms with Gasteiger partial charge in [0.25, 0.3) is 23.6 Å². The highest BCUT2D eigenvalue weighted by Gasteiger charge is 2.56. The Morgan fingerprint density at radius 2 is 1.53 bits per heavy atom. The highest BCUT2D eigenvalue weighted by atomic mass is 19.1. The lowest BCUT2D eigenvalue weighted by Gasteiger charge is -2.48. The summed E-state index contributed by atoms with van der Waals surface area (Å²) in [6, 6.07) is 23.1. The number of likely N-dealkylation sites (tertiary alicyclic amines) is 3. The van der Waals surface area contributed by atoms with E-state index in [-0.39, 0.29) is 97.0 Å². The molecule has 1 unspecified atom stereocenters. The van der Waals surface area contributed by atoms with Crippen molar-refractivity contribution in [3.63, 3.8) is 0 Å². The Morgan fingerprint density at radius 3 is 2.25 bits per heavy atom. The Balaban J connectivity index is 0.649. The van der Waals surface area contributed by atoms with Crippen molar-refractivity contribution in [1.82, 2.24) is 50.1 Å². The van der Waals surface area contributed by atoms with Crippen LogP contribution in [0.2, 0.25) is 0 Å². The molecule has 8 heterocycles. The molecule has 480 valence electrons. The molecule has 8 amide bonds. The summed E-state index contributed by atoms with van der Waals surface area (Å²) in [6.45, 7) is 14.8. The van der Waals surface area contributed by atoms with Crippen LogP contribution in [-0.4, -0.2) is 164 Å². The normalized spacial score (nSPS) is 21.1. The quantitative estimate of drug-likeness (QED) is 0.0426. The summed E-state index contributed by atoms with van der Waals surface area (Å²) < 4.78 is 18.0. The van der Waals surface area contributed by atoms with Crippen LogP contribution >= 0.6 is 0 Å². The van der Waals surface area contributed by atoms with Gasteiger partial charge in [0.15, 0.2) is 5.82 Å². The van der Waals surface area contributed by atoms with Crippen LogP contribution in [0.15, 0.2) is 85.2 Å². The molecule has 6 aromatic rings. The number of carbonyl (C=O) groups is 8. The zero-order valence-electron chi connectivity index (χ0n) is 52.9. The van der Waals surface area contributed by atoms with Crippen LogP contribution in [0.1, 0.15) is 168 Å². The van der Waals surface area contributed by atoms with Gasteiger partial charge in [0, 0.05) is 84.8 Å². The van der Waals surface area contributed by atoms with E-state index < -0.39 is 40.9 Å². The zero-order chi connectivity index (χ0) is 64.3. The van der Waals surface area contributed by atoms with E-state index in [1.54, 1.807) is 25.4 Å². The molecule has 1 aliphatic carbocycles. The summed E-state index contributed by atoms with van der Waals surface area (Å²) >= 11 is 0. The summed E-state index contributed by atoms with van der Waals surface area (Å²) in [4.78, 5) is 127. The number of rotatable bonds is 17. The third kappa shape index (κ3) is 11.7. The number of halogens is 1. The summed E-state index contributed by atoms with van der Waals surface area (Å²) in [7, 11) is 0. The van der Waals surface area contributed by atoms with E-state index in [1.165, 1.54) is 37.5 Å². The van der Waals surface area contributed by atoms with Crippen LogP contribution in [0.3, 0.4) is 0 Å². The number of imide groups is 2. The van der Waals surface area contributed by atoms with Crippen molar-refractivity contribution in [2.24, 2.45) is 0 Å². The van der Waals surface area contributed by atoms with Crippen molar-refractivity contribution in [2.75, 3.05) is 74.4 Å². The summed E-state index contributed by atoms with van der Waals surface area (Å²) in [5, 5.41) is 14.5. The fourth-order valence-electron chi connectivity index (χ4n) is 15.0. The van der Waals surface area contributed by atoms with Gasteiger partial charge in [0.05, 0.1) is 46.3 Å². The highest BCUT2D eigenvalue weighted by molar-refractivity contribution is 6.25. The Labute approximate surface area is 534 Å². The molecule has 21 nitrogen and oxygen atoms in total. The molecule has 1 atom stereocenters. The lowest BCUT2D eigenvalue weighted by atomic mass is 9.73. The van der Waals surface area contributed by atoms with Crippen molar-refractivity contribution >= 4 is 81.2 Å². The van der Waals surface area contributed by atoms with Gasteiger partial charge in [-0.05, 0) is 190 Å². The largest absolute Gasteiger partial charge is 0.383 e. The maximum atomic E-state index is 16.0. The zero-order valence-corrected chi connectivity index (χ0v) is 52.9. The van der Waals surface area contributed by atoms with Gasteiger partial charge >= 0.3 is 0 Å². The molecular formula is C70H80FN13O8. The lowest BCUT2D eigenvalue weighted by Crippen LogP contribution is -2.58. The van der Waals surface area contributed by atoms with E-state index in [0.717, 1.165) is 79.1 Å². The third-order valence-electron chi connectivity index (χ3n) is 20.1. The molecular weight excluding hydrogens is 1170 g/mol. The first-order valence-corrected chi connectivity index (χ1v) is 32.8. The molecule has 0 bridgehead atoms. The van der Waals surface area contributed by atoms with Crippen LogP contribution in [0.4, 0.5) is 27.3 Å². The van der Waals surface area contributed by atoms with Crippen molar-refractivity contribution in [3.05, 3.63) is 130 Å². The molecule has 4 aromatic carbocycles. The van der Waals surface area contributed by atoms with E-state index in [4.69, 9.17) is 9.97 Å². The van der Waals surface area contributed by atoms with E-state index in [1.807, 2.05) is 73.6 Å². The molecule has 13 rings (SSSR count). The monoisotopic (exact) mass is 1250 g/mol. The van der Waals surface area contributed by atoms with Crippen LogP contribution in [0.25, 0.3) is 22.3 Å². The van der Waals surface area contributed by atoms with E-state index in [9.17, 15) is 33.6 Å². The minimum absolute atomic E-state index is 0.00265. The first kappa shape index (κ1) is 61.9. The average molecular weight is 1250 g/mol. The first-order chi connectivity index (χ1) is 44.3. The molecule has 1 saturated carbocycles. The van der Waals surface area contributed by atoms with Crippen molar-refractivity contribution in [1.29, 1.82) is 0 Å². The summed E-state index contributed by atoms with van der Waals surface area (Å²) in [5.41, 5.74) is 7.21. The molecule has 6 aliphatic heterocycles. The fourth-order valence-corrected chi connectivity index (χ4v) is 15.0. The van der Waals surface area contributed by atoms with Gasteiger partial charge in [0.1, 0.15) is 17.4 Å². The SMILES string of the molecule is Cc1cc(F)c(Nc2nc(-c3ccc4c(c3)N([C@H]3C[C@@H](N5CCCCC5)C3)C(=O)C43CCN(C(=O)c4ccc(C5CCN(CC(=O)NCCNc6cccc7c6C(=O)N(C6CCC(=O)NC6=O)C7=O)CC5)cc4)CC3)cc3ncn(C(C)C)c23)cc1C(=O)NC(C)C. The number of amides is 8. The van der Waals surface area contributed by atoms with Gasteiger partial charge in [-0.2, -0.15) is 0 Å². The maximum absolute atomic E-state index is 16.0. The lowest BCUT2D eigenvalue weighted by molar-refractivity contribution is -0.136. The Morgan fingerprint density at radius 1 is 0.783 bits per heavy atom. The van der Waals surface area contributed by atoms with E-state index in [2.05, 4.69) is 53.4 Å². The number of fused-ring (bicyclic) bond motifs is 4. The molecule has 22 heteroatoms. The summed E-state index contributed by atoms with van der Waals surface area (Å²) in [6.07, 6.45) is 9.92. The standard InChI is InChI=1S/C70H80FN13O8/c1-40(2)75-64(87)50-36-55(52(71)32-42(50)5)77-63-62-56(74-39-82(62)41(3)4)37-54(76-63)46-16-17-51-58(33-46)83(48-34-47(35-48)80-26-7-6-8-27-80)69(92)70(51)22-30-81(31-23-70)66(89)45-14-12-43(13-15-45)44-20-28-79(29-21-44)38-60(86)73-25-24-72-53-11-9-10-49-61(53)68(91)84(67(49)90)57-18-19-59(85)78-65(57)88/h9-17,32-33,36-37,39-41,44,47-48,57,72H,6-8,18-31,34-35,38H2,1-5H3,(H,73,86)(H,75,87)(H,76,77)(H,78,85,88)/t47-,48+,57?. The van der Waals surface area contributed by atoms with Crippen molar-refractivity contribution in [3.8, 4) is 11.3 Å². The number of imidazole rings is 1. The molecule has 2 aromatic heterocycles. The van der Waals surface area contributed by atoms with Gasteiger partial charge in [-0.25, -0.2) is 14.4 Å². The van der Waals surface area contributed by atoms with E-state index in [0.29, 0.717) is 76.9 Å². The Bertz CT molecular complexity index is 3950. The number of piperidine rings is 4. The number of aryl methyl sites for hydroxylation is 1. The third-order valence-corrected chi connectivity index (χ3v) is 20.1. The second-order valence-corrected chi connectivity index (χ2v) is 26.7. The number of benzene rings is 4. The van der Waals surface area contributed by atoms with Gasteiger partial charge in [-0.1, -0.05) is 36.8 Å². The molecule has 4 saturated heterocycles. The Hall–Kier alpha value is -8.89. The van der Waals surface area contributed by atoms with Gasteiger partial charge in [0.2, 0.25) is 23.6 Å². The smallest absolute Gasteiger partial charge is 0.264 e. The van der Waals surface area contributed by atoms with Gasteiger partial charge in [-0.3, -0.25) is 53.5 Å². The number of nitrogens with zero attached hydrogens (tertiary/aromatic N) is 8. The number of aromatic nitrogens is 3. The number of hydrogen-bond donors (Lipinski definition) is 5. The van der Waals surface area contributed by atoms with Gasteiger partial charge < -0.3 is 40.5 Å². The summed E-state index contributed by atoms with van der Waals surface area (Å²) in [5.74, 6) is -2.59. The number of pyridine rings is 1. The van der Waals surface area contributed by atoms with Crippen LogP contribution in [0, 0.1) is 12.7 Å². The molecule has 5 N–H and O–H groups in total. The highest BCUT2D eigenvalue weighted by Crippen LogP contribution is 2.52. The first-order valence-electron chi connectivity index (χ1n) is 32.8. The van der Waals surface area contributed by atoms with Crippen LogP contribution in [-0.2, 0) is 24.6 Å². The average Bonchev–Trinajstić information content (AvgIpc) is 1.57. The number of anilines is 4. The van der Waals surface area contributed by atoms with Crippen LogP contribution < -0.4 is 31.5 Å². The predicted octanol–water partition coefficient (Wildman–Crippen LogP) is 8.35. The maximum Gasteiger partial charge on any atom is 0.264 e. The minimum Gasteiger partial charge on any atom is -0.383 e. The second-order valence-electron chi connectivity index (χ2n) is 26.7. The second kappa shape index (κ2) is 25.3. The molecule has 1 spiro atoms. The van der Waals surface area contributed by atoms with Crippen LogP contribution in [0.5, 0.6) is 0 Å². The Kier molecular flexibility index (Phi) is 17.0. The predicted molar refractivity (Wildman–Crippen MR) is 346 cm³/mol. The number of nitrogens with one attached hydrogen (secondary N) is 5. The fraction of sp³-hybridized carbons (Fsp3) is 0.457. The minimum atomic E-state index is -1.06. The van der Waals surface area contributed by atoms with Gasteiger partial charge in [-0.15, -0.1) is 0 Å². The molecule has 7 aliphatic rings. The van der Waals surface area contributed by atoms with Crippen molar-refractivity contribution in [2.45, 2.75) is 147 Å². The topological polar surface area (TPSA) is 244 Å². The molecule has 0 radical (unpaired) electrons. The number of carbonyl (C=O) groups excluding carboxylic acids is 8. The molecule has 5 fully saturated rings. The van der Waals surface area contributed by atoms with E-state index >= 15 is 9.18 Å². The molecule has 92 heavy (non-hydrogen) atoms. The number of hydrogen-bond acceptors (Lipinski definition) is 14.